The van der Waals surface area contributed by atoms with Gasteiger partial charge in [-0.25, -0.2) is 9.59 Å². The lowest BCUT2D eigenvalue weighted by atomic mass is 9.95. The molecule has 0 saturated carbocycles. The van der Waals surface area contributed by atoms with E-state index in [-0.39, 0.29) is 31.2 Å². The highest BCUT2D eigenvalue weighted by Gasteiger charge is 2.45. The first-order valence-electron chi connectivity index (χ1n) is 18.5. The Kier molecular flexibility index (Phi) is 15.3. The van der Waals surface area contributed by atoms with Gasteiger partial charge in [-0.1, -0.05) is 78.8 Å². The Morgan fingerprint density at radius 3 is 1.96 bits per heavy atom. The van der Waals surface area contributed by atoms with E-state index in [1.807, 2.05) is 30.3 Å². The van der Waals surface area contributed by atoms with E-state index in [1.54, 1.807) is 48.5 Å². The smallest absolute Gasteiger partial charge is 0.329 e. The van der Waals surface area contributed by atoms with Crippen molar-refractivity contribution in [2.45, 2.75) is 123 Å². The van der Waals surface area contributed by atoms with E-state index in [0.717, 1.165) is 5.56 Å². The zero-order chi connectivity index (χ0) is 38.9. The highest BCUT2D eigenvalue weighted by atomic mass is 16.6. The van der Waals surface area contributed by atoms with Gasteiger partial charge in [-0.15, -0.1) is 12.3 Å². The normalized spacial score (nSPS) is 27.5. The van der Waals surface area contributed by atoms with E-state index in [4.69, 9.17) is 15.9 Å². The minimum atomic E-state index is -1.29. The van der Waals surface area contributed by atoms with Crippen LogP contribution in [0.4, 0.5) is 0 Å². The molecule has 2 aliphatic heterocycles. The number of carbonyl (C=O) groups excluding carboxylic acids is 6. The summed E-state index contributed by atoms with van der Waals surface area (Å²) in [7, 11) is 3.00. The lowest BCUT2D eigenvalue weighted by Crippen LogP contribution is -2.57. The fraction of sp³-hybridized carbons (Fsp3) is 0.650. The molecule has 0 aliphatic carbocycles. The van der Waals surface area contributed by atoms with Crippen LogP contribution in [0.2, 0.25) is 0 Å². The second-order valence-electron chi connectivity index (χ2n) is 15.2. The van der Waals surface area contributed by atoms with Crippen molar-refractivity contribution in [3.8, 4) is 12.3 Å². The quantitative estimate of drug-likeness (QED) is 0.244. The van der Waals surface area contributed by atoms with Crippen molar-refractivity contribution in [3.05, 3.63) is 35.9 Å². The first kappa shape index (κ1) is 42.0. The highest BCUT2D eigenvalue weighted by Crippen LogP contribution is 2.27. The number of ether oxygens (including phenoxy) is 2. The van der Waals surface area contributed by atoms with Crippen molar-refractivity contribution in [1.82, 2.24) is 20.0 Å². The minimum Gasteiger partial charge on any atom is -0.460 e. The van der Waals surface area contributed by atoms with Crippen molar-refractivity contribution >= 4 is 35.6 Å². The summed E-state index contributed by atoms with van der Waals surface area (Å²) < 4.78 is 12.1. The van der Waals surface area contributed by atoms with Gasteiger partial charge < -0.3 is 29.5 Å². The Hall–Kier alpha value is -4.40. The van der Waals surface area contributed by atoms with Crippen molar-refractivity contribution in [3.63, 3.8) is 0 Å². The number of hydrogen-bond donors (Lipinski definition) is 1. The predicted octanol–water partition coefficient (Wildman–Crippen LogP) is 3.60. The van der Waals surface area contributed by atoms with Crippen LogP contribution in [-0.4, -0.2) is 107 Å². The highest BCUT2D eigenvalue weighted by molar-refractivity contribution is 5.95. The van der Waals surface area contributed by atoms with E-state index < -0.39 is 83.8 Å². The summed E-state index contributed by atoms with van der Waals surface area (Å²) >= 11 is 0. The molecule has 2 aliphatic rings. The van der Waals surface area contributed by atoms with Crippen LogP contribution in [0.1, 0.15) is 86.1 Å². The second-order valence-corrected chi connectivity index (χ2v) is 15.2. The molecule has 2 fully saturated rings. The summed E-state index contributed by atoms with van der Waals surface area (Å²) in [5.41, 5.74) is 0.743. The number of amides is 4. The largest absolute Gasteiger partial charge is 0.460 e. The molecule has 0 aromatic heterocycles. The molecule has 2 heterocycles. The summed E-state index contributed by atoms with van der Waals surface area (Å²) in [5, 5.41) is 2.86. The third-order valence-electron chi connectivity index (χ3n) is 10.2. The monoisotopic (exact) mass is 722 g/mol. The number of unbranched alkanes of at least 4 members (excludes halogenated alkanes) is 1. The maximum atomic E-state index is 14.4. The standard InChI is InChI=1S/C40H58N4O8/c1-11-12-14-21-30-27(8)35(45)41-32(24(2)3)38(48)43(10)34(26(6)7)40(50)52-31(23-28-18-15-13-16-19-28)37(47)44-22-17-20-29(44)36(46)42(9)33(25(4)5)39(49)51-30/h1,13,15-16,18-19,24-27,29-34H,12,14,17,20-23H2,2-10H3,(H,41,45)/t27-,29-,30+,31+,32-,33-,34-/m0/s1. The van der Waals surface area contributed by atoms with Crippen LogP contribution in [0.3, 0.4) is 0 Å². The van der Waals surface area contributed by atoms with Crippen molar-refractivity contribution < 1.29 is 38.2 Å². The number of terminal acetylenes is 1. The lowest BCUT2D eigenvalue weighted by Gasteiger charge is -2.36. The van der Waals surface area contributed by atoms with Gasteiger partial charge in [-0.2, -0.15) is 0 Å². The molecular formula is C40H58N4O8. The first-order chi connectivity index (χ1) is 24.5. The van der Waals surface area contributed by atoms with E-state index in [1.165, 1.54) is 28.8 Å². The molecule has 0 radical (unpaired) electrons. The Balaban J connectivity index is 2.17. The van der Waals surface area contributed by atoms with Crippen LogP contribution in [-0.2, 0) is 44.7 Å². The van der Waals surface area contributed by atoms with E-state index in [0.29, 0.717) is 25.7 Å². The van der Waals surface area contributed by atoms with E-state index >= 15 is 0 Å². The summed E-state index contributed by atoms with van der Waals surface area (Å²) in [5.74, 6) is -2.95. The summed E-state index contributed by atoms with van der Waals surface area (Å²) in [6.45, 7) is 12.6. The zero-order valence-electron chi connectivity index (χ0n) is 32.3. The number of likely N-dealkylation sites (N-methyl/N-ethyl adjacent to an activating group) is 2. The molecule has 0 unspecified atom stereocenters. The maximum Gasteiger partial charge on any atom is 0.329 e. The molecule has 2 saturated heterocycles. The van der Waals surface area contributed by atoms with Crippen LogP contribution in [0.5, 0.6) is 0 Å². The van der Waals surface area contributed by atoms with E-state index in [2.05, 4.69) is 11.2 Å². The number of nitrogens with one attached hydrogen (secondary N) is 1. The third-order valence-corrected chi connectivity index (χ3v) is 10.2. The number of esters is 2. The zero-order valence-corrected chi connectivity index (χ0v) is 32.3. The number of carbonyl (C=O) groups is 6. The third kappa shape index (κ3) is 10.1. The molecule has 4 amide bonds. The average molecular weight is 723 g/mol. The van der Waals surface area contributed by atoms with Crippen molar-refractivity contribution in [2.24, 2.45) is 23.7 Å². The second kappa shape index (κ2) is 18.9. The van der Waals surface area contributed by atoms with Gasteiger partial charge in [0.2, 0.25) is 17.7 Å². The maximum absolute atomic E-state index is 14.4. The fourth-order valence-corrected chi connectivity index (χ4v) is 7.18. The topological polar surface area (TPSA) is 143 Å². The molecular weight excluding hydrogens is 664 g/mol. The molecule has 1 aromatic carbocycles. The van der Waals surface area contributed by atoms with Crippen molar-refractivity contribution in [2.75, 3.05) is 20.6 Å². The van der Waals surface area contributed by atoms with Crippen LogP contribution in [0.25, 0.3) is 0 Å². The van der Waals surface area contributed by atoms with E-state index in [9.17, 15) is 28.8 Å². The number of nitrogens with zero attached hydrogens (tertiary/aromatic N) is 3. The molecule has 0 spiro atoms. The van der Waals surface area contributed by atoms with Gasteiger partial charge >= 0.3 is 11.9 Å². The number of rotatable bonds is 8. The Morgan fingerprint density at radius 1 is 0.827 bits per heavy atom. The van der Waals surface area contributed by atoms with Gasteiger partial charge in [0, 0.05) is 33.5 Å². The Morgan fingerprint density at radius 2 is 1.40 bits per heavy atom. The molecule has 1 N–H and O–H groups in total. The molecule has 7 atom stereocenters. The van der Waals surface area contributed by atoms with Gasteiger partial charge in [-0.05, 0) is 49.0 Å². The van der Waals surface area contributed by atoms with Crippen LogP contribution >= 0.6 is 0 Å². The average Bonchev–Trinajstić information content (AvgIpc) is 3.58. The van der Waals surface area contributed by atoms with Gasteiger partial charge in [0.05, 0.1) is 5.92 Å². The Labute approximate surface area is 309 Å². The summed E-state index contributed by atoms with van der Waals surface area (Å²) in [4.78, 5) is 88.7. The lowest BCUT2D eigenvalue weighted by molar-refractivity contribution is -0.169. The molecule has 52 heavy (non-hydrogen) atoms. The van der Waals surface area contributed by atoms with Crippen LogP contribution < -0.4 is 5.32 Å². The minimum absolute atomic E-state index is 0.0473. The molecule has 1 aromatic rings. The van der Waals surface area contributed by atoms with Gasteiger partial charge in [0.15, 0.2) is 6.10 Å². The number of hydrogen-bond acceptors (Lipinski definition) is 8. The molecule has 3 rings (SSSR count). The molecule has 0 bridgehead atoms. The van der Waals surface area contributed by atoms with Crippen LogP contribution in [0, 0.1) is 36.0 Å². The fourth-order valence-electron chi connectivity index (χ4n) is 7.18. The summed E-state index contributed by atoms with van der Waals surface area (Å²) in [6, 6.07) is 5.06. The number of benzene rings is 1. The predicted molar refractivity (Wildman–Crippen MR) is 196 cm³/mol. The SMILES string of the molecule is C#CCCC[C@H]1OC(=O)[C@H](C(C)C)N(C)C(=O)[C@@H]2CCCN2C(=O)[C@@H](Cc2ccccc2)OC(=O)[C@H](C(C)C)N(C)C(=O)[C@H](C(C)C)NC(=O)[C@H]1C. The molecule has 12 nitrogen and oxygen atoms in total. The number of cyclic esters (lactones) is 2. The number of fused-ring (bicyclic) bond motifs is 1. The summed E-state index contributed by atoms with van der Waals surface area (Å²) in [6.07, 6.45) is 5.39. The van der Waals surface area contributed by atoms with Crippen molar-refractivity contribution in [1.29, 1.82) is 0 Å². The van der Waals surface area contributed by atoms with Gasteiger partial charge in [-0.3, -0.25) is 19.2 Å². The molecule has 286 valence electrons. The first-order valence-corrected chi connectivity index (χ1v) is 18.5. The van der Waals surface area contributed by atoms with Gasteiger partial charge in [0.25, 0.3) is 5.91 Å². The van der Waals surface area contributed by atoms with Gasteiger partial charge in [0.1, 0.15) is 30.3 Å². The molecule has 12 heteroatoms. The van der Waals surface area contributed by atoms with Crippen LogP contribution in [0.15, 0.2) is 30.3 Å². The Bertz CT molecular complexity index is 1470.